The molecule has 2 amide bonds. The number of amides is 2. The zero-order valence-corrected chi connectivity index (χ0v) is 15.0. The molecule has 0 radical (unpaired) electrons. The minimum Gasteiger partial charge on any atom is -0.355 e. The summed E-state index contributed by atoms with van der Waals surface area (Å²) in [4.78, 5) is 26.1. The highest BCUT2D eigenvalue weighted by atomic mass is 79.9. The highest BCUT2D eigenvalue weighted by molar-refractivity contribution is 9.10. The average molecular weight is 409 g/mol. The molecule has 0 aliphatic carbocycles. The Kier molecular flexibility index (Phi) is 7.94. The van der Waals surface area contributed by atoms with Crippen LogP contribution in [-0.2, 0) is 4.79 Å². The van der Waals surface area contributed by atoms with Gasteiger partial charge in [0.15, 0.2) is 0 Å². The quantitative estimate of drug-likeness (QED) is 0.799. The molecule has 1 atom stereocenters. The number of nitrogens with two attached hydrogens (primary N) is 1. The zero-order valence-electron chi connectivity index (χ0n) is 12.6. The predicted molar refractivity (Wildman–Crippen MR) is 92.0 cm³/mol. The smallest absolute Gasteiger partial charge is 0.255 e. The van der Waals surface area contributed by atoms with Crippen LogP contribution < -0.4 is 11.1 Å². The molecule has 128 valence electrons. The highest BCUT2D eigenvalue weighted by Crippen LogP contribution is 2.23. The Labute approximate surface area is 149 Å². The van der Waals surface area contributed by atoms with Crippen LogP contribution in [0.4, 0.5) is 4.39 Å². The Hall–Kier alpha value is -1.18. The normalized spacial score (nSPS) is 17.3. The van der Waals surface area contributed by atoms with E-state index in [1.165, 1.54) is 18.2 Å². The van der Waals surface area contributed by atoms with Gasteiger partial charge in [-0.2, -0.15) is 0 Å². The maximum atomic E-state index is 13.4. The first-order chi connectivity index (χ1) is 10.5. The van der Waals surface area contributed by atoms with Crippen LogP contribution in [0.5, 0.6) is 0 Å². The van der Waals surface area contributed by atoms with Crippen molar-refractivity contribution >= 4 is 40.2 Å². The van der Waals surface area contributed by atoms with Gasteiger partial charge in [-0.25, -0.2) is 4.39 Å². The molecule has 0 bridgehead atoms. The van der Waals surface area contributed by atoms with Gasteiger partial charge in [-0.3, -0.25) is 9.59 Å². The molecule has 1 unspecified atom stereocenters. The van der Waals surface area contributed by atoms with Gasteiger partial charge in [0.1, 0.15) is 5.82 Å². The second-order valence-electron chi connectivity index (χ2n) is 5.29. The van der Waals surface area contributed by atoms with Crippen LogP contribution in [0.15, 0.2) is 22.7 Å². The third-order valence-electron chi connectivity index (χ3n) is 3.68. The molecule has 1 aromatic carbocycles. The third-order valence-corrected chi connectivity index (χ3v) is 4.37. The van der Waals surface area contributed by atoms with E-state index in [4.69, 9.17) is 5.73 Å². The molecule has 23 heavy (non-hydrogen) atoms. The van der Waals surface area contributed by atoms with Gasteiger partial charge in [-0.15, -0.1) is 12.4 Å². The van der Waals surface area contributed by atoms with Gasteiger partial charge in [-0.05, 0) is 47.0 Å². The number of hydrogen-bond acceptors (Lipinski definition) is 3. The molecule has 5 nitrogen and oxygen atoms in total. The molecule has 1 aliphatic heterocycles. The standard InChI is InChI=1S/C15H19BrFN3O2.ClH/c16-13-4-3-11(17)8-12(13)15(22)20-7-1-2-10(9-20)14(21)19-6-5-18;/h3-4,8,10H,1-2,5-7,9,18H2,(H,19,21);1H. The predicted octanol–water partition coefficient (Wildman–Crippen LogP) is 1.94. The minimum absolute atomic E-state index is 0. The van der Waals surface area contributed by atoms with Gasteiger partial charge in [-0.1, -0.05) is 0 Å². The largest absolute Gasteiger partial charge is 0.355 e. The molecule has 1 aliphatic rings. The van der Waals surface area contributed by atoms with Crippen molar-refractivity contribution in [1.82, 2.24) is 10.2 Å². The van der Waals surface area contributed by atoms with E-state index in [0.29, 0.717) is 30.7 Å². The molecule has 0 spiro atoms. The number of nitrogens with zero attached hydrogens (tertiary/aromatic N) is 1. The lowest BCUT2D eigenvalue weighted by molar-refractivity contribution is -0.126. The van der Waals surface area contributed by atoms with Gasteiger partial charge in [0.05, 0.1) is 11.5 Å². The summed E-state index contributed by atoms with van der Waals surface area (Å²) >= 11 is 3.27. The number of hydrogen-bond donors (Lipinski definition) is 2. The van der Waals surface area contributed by atoms with Crippen LogP contribution in [0.25, 0.3) is 0 Å². The number of halogens is 3. The third kappa shape index (κ3) is 5.16. The topological polar surface area (TPSA) is 75.4 Å². The van der Waals surface area contributed by atoms with Crippen LogP contribution in [0.3, 0.4) is 0 Å². The van der Waals surface area contributed by atoms with E-state index in [-0.39, 0.29) is 35.7 Å². The summed E-state index contributed by atoms with van der Waals surface area (Å²) in [5, 5.41) is 2.75. The highest BCUT2D eigenvalue weighted by Gasteiger charge is 2.29. The lowest BCUT2D eigenvalue weighted by atomic mass is 9.96. The monoisotopic (exact) mass is 407 g/mol. The maximum Gasteiger partial charge on any atom is 0.255 e. The molecule has 0 saturated carbocycles. The molecular formula is C15H20BrClFN3O2. The van der Waals surface area contributed by atoms with Gasteiger partial charge in [0.25, 0.3) is 5.91 Å². The first kappa shape index (κ1) is 19.9. The average Bonchev–Trinajstić information content (AvgIpc) is 2.54. The molecule has 1 aromatic rings. The van der Waals surface area contributed by atoms with E-state index >= 15 is 0 Å². The van der Waals surface area contributed by atoms with Crippen molar-refractivity contribution in [2.75, 3.05) is 26.2 Å². The van der Waals surface area contributed by atoms with Crippen LogP contribution in [0.2, 0.25) is 0 Å². The second kappa shape index (κ2) is 9.20. The van der Waals surface area contributed by atoms with E-state index < -0.39 is 5.82 Å². The summed E-state index contributed by atoms with van der Waals surface area (Å²) in [6.45, 7) is 1.73. The Bertz CT molecular complexity index is 574. The maximum absolute atomic E-state index is 13.4. The van der Waals surface area contributed by atoms with Crippen LogP contribution >= 0.6 is 28.3 Å². The number of rotatable bonds is 4. The van der Waals surface area contributed by atoms with Crippen molar-refractivity contribution in [3.8, 4) is 0 Å². The number of carbonyl (C=O) groups is 2. The molecule has 2 rings (SSSR count). The van der Waals surface area contributed by atoms with Crippen molar-refractivity contribution in [2.24, 2.45) is 11.7 Å². The van der Waals surface area contributed by atoms with Crippen molar-refractivity contribution < 1.29 is 14.0 Å². The molecule has 1 heterocycles. The van der Waals surface area contributed by atoms with Crippen molar-refractivity contribution in [2.45, 2.75) is 12.8 Å². The Morgan fingerprint density at radius 2 is 2.17 bits per heavy atom. The SMILES string of the molecule is Cl.NCCNC(=O)C1CCCN(C(=O)c2cc(F)ccc2Br)C1. The fourth-order valence-electron chi connectivity index (χ4n) is 2.55. The van der Waals surface area contributed by atoms with Crippen molar-refractivity contribution in [3.05, 3.63) is 34.1 Å². The van der Waals surface area contributed by atoms with E-state index in [1.807, 2.05) is 0 Å². The number of piperidine rings is 1. The lowest BCUT2D eigenvalue weighted by Gasteiger charge is -2.32. The molecule has 3 N–H and O–H groups in total. The Balaban J connectivity index is 0.00000264. The van der Waals surface area contributed by atoms with Gasteiger partial charge >= 0.3 is 0 Å². The Morgan fingerprint density at radius 3 is 2.87 bits per heavy atom. The van der Waals surface area contributed by atoms with E-state index in [9.17, 15) is 14.0 Å². The number of benzene rings is 1. The van der Waals surface area contributed by atoms with Crippen LogP contribution in [-0.4, -0.2) is 42.9 Å². The van der Waals surface area contributed by atoms with Crippen LogP contribution in [0.1, 0.15) is 23.2 Å². The molecule has 8 heteroatoms. The first-order valence-corrected chi connectivity index (χ1v) is 8.04. The molecule has 0 aromatic heterocycles. The number of carbonyl (C=O) groups excluding carboxylic acids is 2. The van der Waals surface area contributed by atoms with E-state index in [0.717, 1.165) is 12.8 Å². The summed E-state index contributed by atoms with van der Waals surface area (Å²) in [7, 11) is 0. The van der Waals surface area contributed by atoms with Crippen LogP contribution in [0, 0.1) is 11.7 Å². The first-order valence-electron chi connectivity index (χ1n) is 7.25. The number of likely N-dealkylation sites (tertiary alicyclic amines) is 1. The molecule has 1 fully saturated rings. The Morgan fingerprint density at radius 1 is 1.43 bits per heavy atom. The van der Waals surface area contributed by atoms with E-state index in [1.54, 1.807) is 4.90 Å². The van der Waals surface area contributed by atoms with Crippen molar-refractivity contribution in [1.29, 1.82) is 0 Å². The summed E-state index contributed by atoms with van der Waals surface area (Å²) in [6, 6.07) is 4.02. The summed E-state index contributed by atoms with van der Waals surface area (Å²) < 4.78 is 13.9. The number of nitrogens with one attached hydrogen (secondary N) is 1. The second-order valence-corrected chi connectivity index (χ2v) is 6.15. The van der Waals surface area contributed by atoms with Crippen molar-refractivity contribution in [3.63, 3.8) is 0 Å². The van der Waals surface area contributed by atoms with E-state index in [2.05, 4.69) is 21.2 Å². The minimum atomic E-state index is -0.458. The summed E-state index contributed by atoms with van der Waals surface area (Å²) in [5.74, 6) is -1.04. The lowest BCUT2D eigenvalue weighted by Crippen LogP contribution is -2.46. The molecule has 1 saturated heterocycles. The van der Waals surface area contributed by atoms with Gasteiger partial charge < -0.3 is 16.0 Å². The fourth-order valence-corrected chi connectivity index (χ4v) is 2.96. The fraction of sp³-hybridized carbons (Fsp3) is 0.467. The summed E-state index contributed by atoms with van der Waals surface area (Å²) in [6.07, 6.45) is 1.49. The zero-order chi connectivity index (χ0) is 16.1. The molecular weight excluding hydrogens is 389 g/mol. The van der Waals surface area contributed by atoms with Gasteiger partial charge in [0.2, 0.25) is 5.91 Å². The summed E-state index contributed by atoms with van der Waals surface area (Å²) in [5.41, 5.74) is 5.65. The van der Waals surface area contributed by atoms with Gasteiger partial charge in [0, 0.05) is 30.7 Å².